The van der Waals surface area contributed by atoms with E-state index in [-0.39, 0.29) is 11.8 Å². The van der Waals surface area contributed by atoms with Crippen LogP contribution in [0.25, 0.3) is 0 Å². The summed E-state index contributed by atoms with van der Waals surface area (Å²) < 4.78 is 5.47. The minimum atomic E-state index is -0.184. The Kier molecular flexibility index (Phi) is 6.64. The normalized spacial score (nSPS) is 10.5. The summed E-state index contributed by atoms with van der Waals surface area (Å²) in [5, 5.41) is 0. The van der Waals surface area contributed by atoms with Crippen molar-refractivity contribution in [2.75, 3.05) is 17.4 Å². The molecule has 2 rings (SSSR count). The largest absolute Gasteiger partial charge is 0.494 e. The number of anilines is 2. The number of nitrogens with zero attached hydrogens (tertiary/aromatic N) is 1. The number of carbonyl (C=O) groups excluding carboxylic acids is 1. The number of para-hydroxylation sites is 1. The molecular formula is C19H23ClN2O2. The molecule has 0 heterocycles. The van der Waals surface area contributed by atoms with Crippen molar-refractivity contribution < 1.29 is 9.53 Å². The zero-order chi connectivity index (χ0) is 17.5. The molecule has 0 fully saturated rings. The van der Waals surface area contributed by atoms with Crippen LogP contribution in [0.15, 0.2) is 42.5 Å². The Balaban J connectivity index is 2.56. The van der Waals surface area contributed by atoms with Crippen LogP contribution >= 0.6 is 11.6 Å². The summed E-state index contributed by atoms with van der Waals surface area (Å²) in [4.78, 5) is 14.2. The van der Waals surface area contributed by atoms with E-state index >= 15 is 0 Å². The number of aryl methyl sites for hydroxylation is 1. The van der Waals surface area contributed by atoms with Gasteiger partial charge in [0, 0.05) is 12.2 Å². The van der Waals surface area contributed by atoms with Crippen LogP contribution in [0.4, 0.5) is 11.4 Å². The summed E-state index contributed by atoms with van der Waals surface area (Å²) >= 11 is 5.87. The smallest absolute Gasteiger partial charge is 0.246 e. The highest BCUT2D eigenvalue weighted by atomic mass is 35.5. The van der Waals surface area contributed by atoms with Gasteiger partial charge < -0.3 is 10.5 Å². The molecule has 0 aliphatic heterocycles. The number of carbonyl (C=O) groups is 1. The fourth-order valence-corrected chi connectivity index (χ4v) is 2.82. The number of nitrogens with two attached hydrogens (primary N) is 1. The molecule has 0 saturated carbocycles. The summed E-state index contributed by atoms with van der Waals surface area (Å²) in [7, 11) is 0. The maximum atomic E-state index is 12.6. The van der Waals surface area contributed by atoms with Gasteiger partial charge in [-0.2, -0.15) is 0 Å². The van der Waals surface area contributed by atoms with Gasteiger partial charge in [-0.05, 0) is 48.7 Å². The van der Waals surface area contributed by atoms with Crippen LogP contribution in [0.3, 0.4) is 0 Å². The second-order valence-electron chi connectivity index (χ2n) is 5.27. The highest BCUT2D eigenvalue weighted by molar-refractivity contribution is 6.30. The molecule has 0 unspecified atom stereocenters. The lowest BCUT2D eigenvalue weighted by atomic mass is 10.0. The van der Waals surface area contributed by atoms with Crippen LogP contribution in [0.5, 0.6) is 5.75 Å². The van der Waals surface area contributed by atoms with Crippen molar-refractivity contribution in [3.8, 4) is 5.75 Å². The third-order valence-electron chi connectivity index (χ3n) is 3.80. The molecule has 2 aromatic rings. The molecule has 0 radical (unpaired) electrons. The van der Waals surface area contributed by atoms with Crippen molar-refractivity contribution in [1.82, 2.24) is 0 Å². The highest BCUT2D eigenvalue weighted by Gasteiger charge is 2.22. The van der Waals surface area contributed by atoms with E-state index in [0.717, 1.165) is 34.7 Å². The van der Waals surface area contributed by atoms with Gasteiger partial charge in [-0.3, -0.25) is 9.69 Å². The summed E-state index contributed by atoms with van der Waals surface area (Å²) in [5.74, 6) is 0.480. The Hall–Kier alpha value is -2.04. The predicted octanol–water partition coefficient (Wildman–Crippen LogP) is 4.01. The first-order valence-corrected chi connectivity index (χ1v) is 8.62. The molecule has 0 aliphatic carbocycles. The monoisotopic (exact) mass is 346 g/mol. The van der Waals surface area contributed by atoms with Crippen molar-refractivity contribution in [1.29, 1.82) is 0 Å². The molecule has 4 nitrogen and oxygen atoms in total. The fourth-order valence-electron chi connectivity index (χ4n) is 2.70. The first-order valence-electron chi connectivity index (χ1n) is 8.08. The number of rotatable bonds is 7. The molecule has 0 spiro atoms. The SMILES string of the molecule is CCOc1ccc(N(C(=O)CCl)c2c(CC)cccc2CN)cc1. The van der Waals surface area contributed by atoms with E-state index in [0.29, 0.717) is 13.2 Å². The minimum Gasteiger partial charge on any atom is -0.494 e. The van der Waals surface area contributed by atoms with Crippen LogP contribution in [-0.2, 0) is 17.8 Å². The Labute approximate surface area is 148 Å². The van der Waals surface area contributed by atoms with Gasteiger partial charge in [0.15, 0.2) is 0 Å². The maximum Gasteiger partial charge on any atom is 0.246 e. The third kappa shape index (κ3) is 3.89. The van der Waals surface area contributed by atoms with Gasteiger partial charge >= 0.3 is 0 Å². The van der Waals surface area contributed by atoms with Crippen LogP contribution in [0.1, 0.15) is 25.0 Å². The average Bonchev–Trinajstić information content (AvgIpc) is 2.63. The molecule has 0 bridgehead atoms. The molecule has 5 heteroatoms. The van der Waals surface area contributed by atoms with Crippen LogP contribution in [0, 0.1) is 0 Å². The molecular weight excluding hydrogens is 324 g/mol. The van der Waals surface area contributed by atoms with Crippen molar-refractivity contribution in [2.45, 2.75) is 26.8 Å². The lowest BCUT2D eigenvalue weighted by Crippen LogP contribution is -2.29. The summed E-state index contributed by atoms with van der Waals surface area (Å²) in [5.41, 5.74) is 9.46. The molecule has 1 amide bonds. The Bertz CT molecular complexity index is 664. The minimum absolute atomic E-state index is 0.102. The number of hydrogen-bond donors (Lipinski definition) is 1. The number of alkyl halides is 1. The van der Waals surface area contributed by atoms with Gasteiger partial charge in [-0.1, -0.05) is 25.1 Å². The van der Waals surface area contributed by atoms with E-state index in [1.807, 2.05) is 49.4 Å². The molecule has 2 aromatic carbocycles. The summed E-state index contributed by atoms with van der Waals surface area (Å²) in [6, 6.07) is 13.3. The first kappa shape index (κ1) is 18.3. The van der Waals surface area contributed by atoms with Gasteiger partial charge in [0.1, 0.15) is 11.6 Å². The van der Waals surface area contributed by atoms with Crippen molar-refractivity contribution >= 4 is 28.9 Å². The molecule has 0 aliphatic rings. The second-order valence-corrected chi connectivity index (χ2v) is 5.54. The van der Waals surface area contributed by atoms with Crippen LogP contribution < -0.4 is 15.4 Å². The zero-order valence-electron chi connectivity index (χ0n) is 14.1. The van der Waals surface area contributed by atoms with Crippen molar-refractivity contribution in [3.63, 3.8) is 0 Å². The average molecular weight is 347 g/mol. The van der Waals surface area contributed by atoms with Crippen molar-refractivity contribution in [3.05, 3.63) is 53.6 Å². The lowest BCUT2D eigenvalue weighted by molar-refractivity contribution is -0.115. The van der Waals surface area contributed by atoms with Crippen molar-refractivity contribution in [2.24, 2.45) is 5.73 Å². The van der Waals surface area contributed by atoms with E-state index in [1.165, 1.54) is 0 Å². The Morgan fingerprint density at radius 2 is 1.79 bits per heavy atom. The summed E-state index contributed by atoms with van der Waals surface area (Å²) in [6.07, 6.45) is 0.798. The quantitative estimate of drug-likeness (QED) is 0.771. The molecule has 0 atom stereocenters. The standard InChI is InChI=1S/C19H23ClN2O2/c1-3-14-6-5-7-15(13-21)19(14)22(18(23)12-20)16-8-10-17(11-9-16)24-4-2/h5-11H,3-4,12-13,21H2,1-2H3. The predicted molar refractivity (Wildman–Crippen MR) is 99.2 cm³/mol. The van der Waals surface area contributed by atoms with Gasteiger partial charge in [0.05, 0.1) is 12.3 Å². The second kappa shape index (κ2) is 8.71. The van der Waals surface area contributed by atoms with E-state index < -0.39 is 0 Å². The van der Waals surface area contributed by atoms with Crippen LogP contribution in [0.2, 0.25) is 0 Å². The van der Waals surface area contributed by atoms with E-state index in [4.69, 9.17) is 22.1 Å². The molecule has 128 valence electrons. The topological polar surface area (TPSA) is 55.6 Å². The maximum absolute atomic E-state index is 12.6. The number of ether oxygens (including phenoxy) is 1. The van der Waals surface area contributed by atoms with Gasteiger partial charge in [-0.15, -0.1) is 11.6 Å². The van der Waals surface area contributed by atoms with Crippen LogP contribution in [-0.4, -0.2) is 18.4 Å². The molecule has 0 aromatic heterocycles. The first-order chi connectivity index (χ1) is 11.7. The zero-order valence-corrected chi connectivity index (χ0v) is 14.8. The van der Waals surface area contributed by atoms with E-state index in [1.54, 1.807) is 4.90 Å². The summed E-state index contributed by atoms with van der Waals surface area (Å²) in [6.45, 7) is 4.94. The molecule has 24 heavy (non-hydrogen) atoms. The van der Waals surface area contributed by atoms with Gasteiger partial charge in [-0.25, -0.2) is 0 Å². The highest BCUT2D eigenvalue weighted by Crippen LogP contribution is 2.34. The molecule has 2 N–H and O–H groups in total. The number of halogens is 1. The van der Waals surface area contributed by atoms with E-state index in [2.05, 4.69) is 6.92 Å². The van der Waals surface area contributed by atoms with Gasteiger partial charge in [0.2, 0.25) is 5.91 Å². The Morgan fingerprint density at radius 3 is 2.33 bits per heavy atom. The van der Waals surface area contributed by atoms with Gasteiger partial charge in [0.25, 0.3) is 0 Å². The van der Waals surface area contributed by atoms with E-state index in [9.17, 15) is 4.79 Å². The fraction of sp³-hybridized carbons (Fsp3) is 0.316. The number of benzene rings is 2. The lowest BCUT2D eigenvalue weighted by Gasteiger charge is -2.27. The number of hydrogen-bond acceptors (Lipinski definition) is 3. The number of amides is 1. The third-order valence-corrected chi connectivity index (χ3v) is 4.03. The molecule has 0 saturated heterocycles. The Morgan fingerprint density at radius 1 is 1.12 bits per heavy atom.